The predicted molar refractivity (Wildman–Crippen MR) is 84.4 cm³/mol. The maximum Gasteiger partial charge on any atom is 0.222 e. The number of hydrogen-bond donors (Lipinski definition) is 0. The lowest BCUT2D eigenvalue weighted by atomic mass is 10.1. The molecule has 3 heterocycles. The van der Waals surface area contributed by atoms with Gasteiger partial charge in [0.15, 0.2) is 16.9 Å². The molecule has 0 unspecified atom stereocenters. The molecule has 22 heavy (non-hydrogen) atoms. The van der Waals surface area contributed by atoms with Crippen LogP contribution in [0.2, 0.25) is 0 Å². The van der Waals surface area contributed by atoms with Crippen LogP contribution in [-0.4, -0.2) is 31.2 Å². The number of fused-ring (bicyclic) bond motifs is 1. The highest BCUT2D eigenvalue weighted by Crippen LogP contribution is 2.32. The van der Waals surface area contributed by atoms with Crippen LogP contribution in [-0.2, 0) is 0 Å². The van der Waals surface area contributed by atoms with E-state index in [2.05, 4.69) is 9.97 Å². The Hall–Kier alpha value is -2.89. The summed E-state index contributed by atoms with van der Waals surface area (Å²) in [6.07, 6.45) is 3.21. The minimum Gasteiger partial charge on any atom is -0.481 e. The van der Waals surface area contributed by atoms with Crippen molar-refractivity contribution >= 4 is 16.9 Å². The number of nitrogens with zero attached hydrogens (tertiary/aromatic N) is 3. The lowest BCUT2D eigenvalue weighted by molar-refractivity contribution is 0.399. The van der Waals surface area contributed by atoms with Gasteiger partial charge in [-0.25, -0.2) is 4.98 Å². The molecule has 0 saturated heterocycles. The zero-order chi connectivity index (χ0) is 15.7. The molecule has 0 aliphatic rings. The molecule has 0 radical (unpaired) electrons. The summed E-state index contributed by atoms with van der Waals surface area (Å²) in [5.41, 5.74) is 1.51. The molecule has 0 bridgehead atoms. The number of methoxy groups -OCH3 is 1. The normalized spacial score (nSPS) is 10.7. The van der Waals surface area contributed by atoms with Crippen LogP contribution in [0.15, 0.2) is 45.9 Å². The molecular weight excluding hydrogens is 282 g/mol. The molecule has 6 heteroatoms. The zero-order valence-corrected chi connectivity index (χ0v) is 12.5. The molecule has 0 aliphatic carbocycles. The Bertz CT molecular complexity index is 887. The highest BCUT2D eigenvalue weighted by atomic mass is 16.5. The summed E-state index contributed by atoms with van der Waals surface area (Å²) in [6.45, 7) is 0. The van der Waals surface area contributed by atoms with Gasteiger partial charge in [0.2, 0.25) is 5.88 Å². The largest absolute Gasteiger partial charge is 0.481 e. The Kier molecular flexibility index (Phi) is 3.50. The minimum atomic E-state index is -0.114. The number of anilines is 1. The van der Waals surface area contributed by atoms with E-state index in [1.807, 2.05) is 20.2 Å². The average Bonchev–Trinajstić information content (AvgIpc) is 2.54. The summed E-state index contributed by atoms with van der Waals surface area (Å²) in [6, 6.07) is 6.72. The Labute approximate surface area is 127 Å². The Morgan fingerprint density at radius 2 is 2.00 bits per heavy atom. The van der Waals surface area contributed by atoms with Crippen molar-refractivity contribution in [1.29, 1.82) is 0 Å². The number of rotatable bonds is 3. The smallest absolute Gasteiger partial charge is 0.222 e. The molecule has 0 aliphatic heterocycles. The van der Waals surface area contributed by atoms with Gasteiger partial charge in [-0.1, -0.05) is 0 Å². The monoisotopic (exact) mass is 297 g/mol. The number of hydrogen-bond acceptors (Lipinski definition) is 6. The van der Waals surface area contributed by atoms with Crippen molar-refractivity contribution in [3.63, 3.8) is 0 Å². The molecule has 3 aromatic rings. The van der Waals surface area contributed by atoms with Crippen molar-refractivity contribution in [3.8, 4) is 17.1 Å². The number of pyridine rings is 2. The standard InChI is InChI=1S/C16H15N3O3/c1-19(2)13-9-12(20)10-6-8-17-14(15(10)22-13)11-5-4-7-18-16(11)21-3/h4-9H,1-3H3. The van der Waals surface area contributed by atoms with Gasteiger partial charge in [0, 0.05) is 32.6 Å². The second kappa shape index (κ2) is 5.48. The van der Waals surface area contributed by atoms with Gasteiger partial charge in [-0.2, -0.15) is 0 Å². The fourth-order valence-electron chi connectivity index (χ4n) is 2.22. The van der Waals surface area contributed by atoms with E-state index in [1.54, 1.807) is 36.5 Å². The molecule has 3 rings (SSSR count). The van der Waals surface area contributed by atoms with Gasteiger partial charge in [0.05, 0.1) is 18.1 Å². The topological polar surface area (TPSA) is 68.5 Å². The van der Waals surface area contributed by atoms with Crippen molar-refractivity contribution in [1.82, 2.24) is 9.97 Å². The average molecular weight is 297 g/mol. The van der Waals surface area contributed by atoms with Crippen molar-refractivity contribution < 1.29 is 9.15 Å². The van der Waals surface area contributed by atoms with Crippen LogP contribution in [0.5, 0.6) is 5.88 Å². The first kappa shape index (κ1) is 14.1. The summed E-state index contributed by atoms with van der Waals surface area (Å²) in [5.74, 6) is 0.898. The second-order valence-corrected chi connectivity index (χ2v) is 4.94. The Morgan fingerprint density at radius 1 is 1.18 bits per heavy atom. The molecule has 0 spiro atoms. The SMILES string of the molecule is COc1ncccc1-c1nccc2c(=O)cc(N(C)C)oc12. The van der Waals surface area contributed by atoms with E-state index < -0.39 is 0 Å². The molecule has 0 atom stereocenters. The quantitative estimate of drug-likeness (QED) is 0.739. The molecule has 0 N–H and O–H groups in total. The molecule has 112 valence electrons. The zero-order valence-electron chi connectivity index (χ0n) is 12.5. The Balaban J connectivity index is 2.37. The first-order valence-corrected chi connectivity index (χ1v) is 6.71. The molecular formula is C16H15N3O3. The van der Waals surface area contributed by atoms with Crippen LogP contribution >= 0.6 is 0 Å². The van der Waals surface area contributed by atoms with E-state index >= 15 is 0 Å². The van der Waals surface area contributed by atoms with Crippen molar-refractivity contribution in [2.75, 3.05) is 26.1 Å². The van der Waals surface area contributed by atoms with E-state index in [0.29, 0.717) is 34.0 Å². The van der Waals surface area contributed by atoms with Gasteiger partial charge in [-0.3, -0.25) is 9.78 Å². The first-order valence-electron chi connectivity index (χ1n) is 6.71. The molecule has 6 nitrogen and oxygen atoms in total. The van der Waals surface area contributed by atoms with E-state index in [-0.39, 0.29) is 5.43 Å². The number of aromatic nitrogens is 2. The van der Waals surface area contributed by atoms with Gasteiger partial charge >= 0.3 is 0 Å². The van der Waals surface area contributed by atoms with Crippen LogP contribution < -0.4 is 15.1 Å². The minimum absolute atomic E-state index is 0.114. The van der Waals surface area contributed by atoms with Gasteiger partial charge in [0.1, 0.15) is 5.69 Å². The van der Waals surface area contributed by atoms with E-state index in [1.165, 1.54) is 6.07 Å². The van der Waals surface area contributed by atoms with Crippen LogP contribution in [0.25, 0.3) is 22.2 Å². The molecule has 0 aromatic carbocycles. The van der Waals surface area contributed by atoms with E-state index in [4.69, 9.17) is 9.15 Å². The molecule has 0 saturated carbocycles. The van der Waals surface area contributed by atoms with Crippen molar-refractivity contribution in [2.45, 2.75) is 0 Å². The van der Waals surface area contributed by atoms with Crippen molar-refractivity contribution in [3.05, 3.63) is 46.9 Å². The summed E-state index contributed by atoms with van der Waals surface area (Å²) < 4.78 is 11.1. The third-order valence-corrected chi connectivity index (χ3v) is 3.29. The lowest BCUT2D eigenvalue weighted by Gasteiger charge is -2.13. The molecule has 0 amide bonds. The first-order chi connectivity index (χ1) is 10.6. The fourth-order valence-corrected chi connectivity index (χ4v) is 2.22. The van der Waals surface area contributed by atoms with Gasteiger partial charge in [0.25, 0.3) is 0 Å². The highest BCUT2D eigenvalue weighted by molar-refractivity contribution is 5.91. The maximum atomic E-state index is 12.3. The summed E-state index contributed by atoms with van der Waals surface area (Å²) in [7, 11) is 5.16. The van der Waals surface area contributed by atoms with Gasteiger partial charge in [-0.05, 0) is 18.2 Å². The third kappa shape index (κ3) is 2.28. The van der Waals surface area contributed by atoms with Crippen LogP contribution in [0, 0.1) is 0 Å². The fraction of sp³-hybridized carbons (Fsp3) is 0.188. The maximum absolute atomic E-state index is 12.3. The molecule has 0 fully saturated rings. The molecule has 3 aromatic heterocycles. The van der Waals surface area contributed by atoms with E-state index in [0.717, 1.165) is 0 Å². The lowest BCUT2D eigenvalue weighted by Crippen LogP contribution is -2.12. The predicted octanol–water partition coefficient (Wildman–Crippen LogP) is 2.32. The Morgan fingerprint density at radius 3 is 2.73 bits per heavy atom. The van der Waals surface area contributed by atoms with Gasteiger partial charge < -0.3 is 14.1 Å². The third-order valence-electron chi connectivity index (χ3n) is 3.29. The van der Waals surface area contributed by atoms with Gasteiger partial charge in [-0.15, -0.1) is 0 Å². The van der Waals surface area contributed by atoms with Crippen LogP contribution in [0.4, 0.5) is 5.88 Å². The second-order valence-electron chi connectivity index (χ2n) is 4.94. The number of ether oxygens (including phenoxy) is 1. The highest BCUT2D eigenvalue weighted by Gasteiger charge is 2.16. The van der Waals surface area contributed by atoms with Crippen LogP contribution in [0.3, 0.4) is 0 Å². The summed E-state index contributed by atoms with van der Waals surface area (Å²) >= 11 is 0. The summed E-state index contributed by atoms with van der Waals surface area (Å²) in [5, 5.41) is 0.474. The van der Waals surface area contributed by atoms with Crippen LogP contribution in [0.1, 0.15) is 0 Å². The van der Waals surface area contributed by atoms with E-state index in [9.17, 15) is 4.79 Å². The van der Waals surface area contributed by atoms with Crippen molar-refractivity contribution in [2.24, 2.45) is 0 Å². The summed E-state index contributed by atoms with van der Waals surface area (Å²) in [4.78, 5) is 22.5.